The summed E-state index contributed by atoms with van der Waals surface area (Å²) >= 11 is 0. The fourth-order valence-electron chi connectivity index (χ4n) is 3.98. The van der Waals surface area contributed by atoms with Crippen LogP contribution in [0, 0.1) is 13.8 Å². The highest BCUT2D eigenvalue weighted by atomic mass is 16.5. The van der Waals surface area contributed by atoms with Crippen molar-refractivity contribution in [2.24, 2.45) is 0 Å². The van der Waals surface area contributed by atoms with Gasteiger partial charge in [-0.25, -0.2) is 4.68 Å². The SMILES string of the molecule is COc1ccc(-c2noc(Cn3nc(-c4ccc(C)c(C)c4)c4ccccc4c3=O)n2)cc1OC. The Labute approximate surface area is 201 Å². The van der Waals surface area contributed by atoms with Crippen LogP contribution in [0.1, 0.15) is 17.0 Å². The van der Waals surface area contributed by atoms with Crippen molar-refractivity contribution in [3.8, 4) is 34.1 Å². The van der Waals surface area contributed by atoms with E-state index in [9.17, 15) is 4.79 Å². The summed E-state index contributed by atoms with van der Waals surface area (Å²) in [5.74, 6) is 1.81. The lowest BCUT2D eigenvalue weighted by Crippen LogP contribution is -2.24. The maximum absolute atomic E-state index is 13.2. The van der Waals surface area contributed by atoms with Gasteiger partial charge in [-0.15, -0.1) is 0 Å². The Bertz CT molecular complexity index is 1600. The van der Waals surface area contributed by atoms with Gasteiger partial charge in [-0.05, 0) is 55.3 Å². The molecule has 0 N–H and O–H groups in total. The highest BCUT2D eigenvalue weighted by molar-refractivity contribution is 5.93. The van der Waals surface area contributed by atoms with Gasteiger partial charge in [0.2, 0.25) is 11.7 Å². The number of hydrogen-bond acceptors (Lipinski definition) is 7. The number of fused-ring (bicyclic) bond motifs is 1. The lowest BCUT2D eigenvalue weighted by molar-refractivity contribution is 0.355. The molecule has 0 saturated heterocycles. The molecule has 0 saturated carbocycles. The molecule has 0 amide bonds. The molecule has 0 aliphatic rings. The highest BCUT2D eigenvalue weighted by Crippen LogP contribution is 2.31. The van der Waals surface area contributed by atoms with E-state index in [4.69, 9.17) is 19.1 Å². The molecule has 5 rings (SSSR count). The molecule has 0 atom stereocenters. The summed E-state index contributed by atoms with van der Waals surface area (Å²) in [6, 6.07) is 19.0. The van der Waals surface area contributed by atoms with Gasteiger partial charge in [-0.1, -0.05) is 35.5 Å². The smallest absolute Gasteiger partial charge is 0.275 e. The average Bonchev–Trinajstić information content (AvgIpc) is 3.35. The van der Waals surface area contributed by atoms with Crippen LogP contribution in [0.4, 0.5) is 0 Å². The first kappa shape index (κ1) is 22.3. The summed E-state index contributed by atoms with van der Waals surface area (Å²) < 4.78 is 17.5. The fourth-order valence-corrected chi connectivity index (χ4v) is 3.98. The molecular weight excluding hydrogens is 444 g/mol. The molecule has 0 aliphatic heterocycles. The van der Waals surface area contributed by atoms with E-state index in [2.05, 4.69) is 36.1 Å². The summed E-state index contributed by atoms with van der Waals surface area (Å²) in [5.41, 5.74) is 4.49. The predicted octanol–water partition coefficient (Wildman–Crippen LogP) is 4.80. The maximum Gasteiger partial charge on any atom is 0.275 e. The molecule has 0 unspecified atom stereocenters. The molecule has 0 aliphatic carbocycles. The Morgan fingerprint density at radius 2 is 1.60 bits per heavy atom. The van der Waals surface area contributed by atoms with Crippen molar-refractivity contribution in [1.29, 1.82) is 0 Å². The van der Waals surface area contributed by atoms with Crippen LogP contribution in [-0.4, -0.2) is 34.1 Å². The van der Waals surface area contributed by atoms with E-state index in [0.717, 1.165) is 22.2 Å². The van der Waals surface area contributed by atoms with Crippen molar-refractivity contribution in [3.05, 3.63) is 88.0 Å². The van der Waals surface area contributed by atoms with E-state index in [-0.39, 0.29) is 18.0 Å². The van der Waals surface area contributed by atoms with E-state index >= 15 is 0 Å². The Morgan fingerprint density at radius 1 is 0.857 bits per heavy atom. The Balaban J connectivity index is 1.55. The van der Waals surface area contributed by atoms with Crippen LogP contribution in [0.5, 0.6) is 11.5 Å². The molecule has 0 bridgehead atoms. The predicted molar refractivity (Wildman–Crippen MR) is 133 cm³/mol. The molecule has 176 valence electrons. The maximum atomic E-state index is 13.2. The summed E-state index contributed by atoms with van der Waals surface area (Å²) in [4.78, 5) is 17.7. The minimum atomic E-state index is -0.223. The molecule has 2 aromatic heterocycles. The molecule has 5 aromatic rings. The summed E-state index contributed by atoms with van der Waals surface area (Å²) in [5, 5.41) is 10.2. The molecule has 0 spiro atoms. The number of aryl methyl sites for hydroxylation is 2. The Morgan fingerprint density at radius 3 is 2.34 bits per heavy atom. The van der Waals surface area contributed by atoms with Gasteiger partial charge in [0.05, 0.1) is 25.3 Å². The third-order valence-electron chi connectivity index (χ3n) is 6.04. The molecular formula is C27H24N4O4. The van der Waals surface area contributed by atoms with Gasteiger partial charge in [0.25, 0.3) is 5.56 Å². The summed E-state index contributed by atoms with van der Waals surface area (Å²) in [6.07, 6.45) is 0. The van der Waals surface area contributed by atoms with Crippen molar-refractivity contribution in [3.63, 3.8) is 0 Å². The van der Waals surface area contributed by atoms with Crippen LogP contribution in [0.25, 0.3) is 33.4 Å². The number of ether oxygens (including phenoxy) is 2. The van der Waals surface area contributed by atoms with Crippen LogP contribution in [0.15, 0.2) is 70.0 Å². The van der Waals surface area contributed by atoms with Crippen molar-refractivity contribution < 1.29 is 14.0 Å². The number of benzene rings is 3. The largest absolute Gasteiger partial charge is 0.493 e. The zero-order valence-corrected chi connectivity index (χ0v) is 19.9. The van der Waals surface area contributed by atoms with Crippen molar-refractivity contribution in [1.82, 2.24) is 19.9 Å². The second kappa shape index (κ2) is 9.06. The standard InChI is InChI=1S/C27H24N4O4/c1-16-9-10-18(13-17(16)2)25-20-7-5-6-8-21(20)27(32)31(29-25)15-24-28-26(30-35-24)19-11-12-22(33-3)23(14-19)34-4/h5-14H,15H2,1-4H3. The first-order chi connectivity index (χ1) is 17.0. The van der Waals surface area contributed by atoms with Crippen LogP contribution in [0.3, 0.4) is 0 Å². The first-order valence-corrected chi connectivity index (χ1v) is 11.1. The molecule has 0 radical (unpaired) electrons. The van der Waals surface area contributed by atoms with Gasteiger partial charge in [0.1, 0.15) is 6.54 Å². The fraction of sp³-hybridized carbons (Fsp3) is 0.185. The molecule has 35 heavy (non-hydrogen) atoms. The van der Waals surface area contributed by atoms with Crippen LogP contribution in [0.2, 0.25) is 0 Å². The first-order valence-electron chi connectivity index (χ1n) is 11.1. The lowest BCUT2D eigenvalue weighted by atomic mass is 10.0. The minimum absolute atomic E-state index is 0.0435. The molecule has 3 aromatic carbocycles. The second-order valence-electron chi connectivity index (χ2n) is 8.24. The van der Waals surface area contributed by atoms with Crippen LogP contribution < -0.4 is 15.0 Å². The van der Waals surface area contributed by atoms with E-state index < -0.39 is 0 Å². The van der Waals surface area contributed by atoms with Gasteiger partial charge in [0.15, 0.2) is 11.5 Å². The topological polar surface area (TPSA) is 92.3 Å². The number of hydrogen-bond donors (Lipinski definition) is 0. The Hall–Kier alpha value is -4.46. The third-order valence-corrected chi connectivity index (χ3v) is 6.04. The Kier molecular flexibility index (Phi) is 5.78. The van der Waals surface area contributed by atoms with Crippen molar-refractivity contribution >= 4 is 10.8 Å². The van der Waals surface area contributed by atoms with Crippen LogP contribution >= 0.6 is 0 Å². The quantitative estimate of drug-likeness (QED) is 0.354. The third kappa shape index (κ3) is 4.14. The number of aromatic nitrogens is 4. The highest BCUT2D eigenvalue weighted by Gasteiger charge is 2.17. The second-order valence-corrected chi connectivity index (χ2v) is 8.24. The van der Waals surface area contributed by atoms with Crippen LogP contribution in [-0.2, 0) is 6.54 Å². The van der Waals surface area contributed by atoms with Gasteiger partial charge in [0, 0.05) is 16.5 Å². The summed E-state index contributed by atoms with van der Waals surface area (Å²) in [7, 11) is 3.14. The van der Waals surface area contributed by atoms with Gasteiger partial charge >= 0.3 is 0 Å². The van der Waals surface area contributed by atoms with E-state index in [1.54, 1.807) is 26.4 Å². The van der Waals surface area contributed by atoms with E-state index in [1.807, 2.05) is 36.4 Å². The number of methoxy groups -OCH3 is 2. The molecule has 2 heterocycles. The minimum Gasteiger partial charge on any atom is -0.493 e. The lowest BCUT2D eigenvalue weighted by Gasteiger charge is -2.11. The number of nitrogens with zero attached hydrogens (tertiary/aromatic N) is 4. The molecule has 0 fully saturated rings. The molecule has 8 heteroatoms. The van der Waals surface area contributed by atoms with Gasteiger partial charge in [-0.3, -0.25) is 4.79 Å². The zero-order chi connectivity index (χ0) is 24.5. The van der Waals surface area contributed by atoms with Gasteiger partial charge < -0.3 is 14.0 Å². The average molecular weight is 469 g/mol. The monoisotopic (exact) mass is 468 g/mol. The normalized spacial score (nSPS) is 11.1. The van der Waals surface area contributed by atoms with Crippen molar-refractivity contribution in [2.45, 2.75) is 20.4 Å². The van der Waals surface area contributed by atoms with Gasteiger partial charge in [-0.2, -0.15) is 10.1 Å². The van der Waals surface area contributed by atoms with E-state index in [0.29, 0.717) is 28.3 Å². The molecule has 8 nitrogen and oxygen atoms in total. The number of rotatable bonds is 6. The zero-order valence-electron chi connectivity index (χ0n) is 19.9. The summed E-state index contributed by atoms with van der Waals surface area (Å²) in [6.45, 7) is 4.17. The van der Waals surface area contributed by atoms with Crippen molar-refractivity contribution in [2.75, 3.05) is 14.2 Å². The van der Waals surface area contributed by atoms with E-state index in [1.165, 1.54) is 10.2 Å².